The summed E-state index contributed by atoms with van der Waals surface area (Å²) in [5.41, 5.74) is 1.30. The number of carboxylic acid groups (broad SMARTS) is 1. The molecule has 1 aliphatic heterocycles. The molecule has 80 valence electrons. The topological polar surface area (TPSA) is 46.5 Å². The molecule has 1 heterocycles. The van der Waals surface area contributed by atoms with E-state index in [1.807, 2.05) is 12.1 Å². The monoisotopic (exact) mass is 224 g/mol. The number of hydrogen-bond acceptors (Lipinski definition) is 3. The Balaban J connectivity index is 2.02. The van der Waals surface area contributed by atoms with Gasteiger partial charge in [0.05, 0.1) is 24.0 Å². The summed E-state index contributed by atoms with van der Waals surface area (Å²) in [7, 11) is 0. The van der Waals surface area contributed by atoms with Crippen molar-refractivity contribution in [2.45, 2.75) is 11.0 Å². The fraction of sp³-hybridized carbons (Fsp3) is 0.364. The van der Waals surface area contributed by atoms with Crippen LogP contribution in [0.15, 0.2) is 24.3 Å². The smallest absolute Gasteiger partial charge is 0.335 e. The number of benzene rings is 1. The molecule has 3 nitrogen and oxygen atoms in total. The largest absolute Gasteiger partial charge is 0.478 e. The van der Waals surface area contributed by atoms with Crippen LogP contribution >= 0.6 is 11.8 Å². The van der Waals surface area contributed by atoms with Crippen molar-refractivity contribution in [3.05, 3.63) is 35.4 Å². The number of carboxylic acids is 1. The Hall–Kier alpha value is -1.00. The lowest BCUT2D eigenvalue weighted by molar-refractivity contribution is 0.0455. The normalized spacial score (nSPS) is 16.0. The van der Waals surface area contributed by atoms with Gasteiger partial charge in [-0.25, -0.2) is 4.79 Å². The van der Waals surface area contributed by atoms with E-state index in [9.17, 15) is 4.79 Å². The Bertz CT molecular complexity index is 361. The van der Waals surface area contributed by atoms with Crippen LogP contribution < -0.4 is 0 Å². The van der Waals surface area contributed by atoms with Crippen molar-refractivity contribution in [2.75, 3.05) is 13.2 Å². The number of hydrogen-bond donors (Lipinski definition) is 1. The van der Waals surface area contributed by atoms with Crippen molar-refractivity contribution in [1.82, 2.24) is 0 Å². The summed E-state index contributed by atoms with van der Waals surface area (Å²) in [6.07, 6.45) is 0. The quantitative estimate of drug-likeness (QED) is 0.850. The minimum absolute atomic E-state index is 0.408. The first-order valence-corrected chi connectivity index (χ1v) is 5.83. The third-order valence-electron chi connectivity index (χ3n) is 2.33. The summed E-state index contributed by atoms with van der Waals surface area (Å²) >= 11 is 1.76. The van der Waals surface area contributed by atoms with Gasteiger partial charge in [0.25, 0.3) is 0 Å². The van der Waals surface area contributed by atoms with Crippen molar-refractivity contribution in [3.8, 4) is 0 Å². The molecule has 0 atom stereocenters. The zero-order chi connectivity index (χ0) is 10.7. The van der Waals surface area contributed by atoms with Gasteiger partial charge in [-0.05, 0) is 11.6 Å². The lowest BCUT2D eigenvalue weighted by Gasteiger charge is -2.25. The van der Waals surface area contributed by atoms with E-state index in [0.29, 0.717) is 10.8 Å². The van der Waals surface area contributed by atoms with Crippen molar-refractivity contribution < 1.29 is 14.6 Å². The van der Waals surface area contributed by atoms with E-state index in [1.54, 1.807) is 23.9 Å². The molecular formula is C11H12O3S. The van der Waals surface area contributed by atoms with Crippen LogP contribution in [0.25, 0.3) is 0 Å². The molecule has 2 rings (SSSR count). The molecular weight excluding hydrogens is 212 g/mol. The first-order valence-electron chi connectivity index (χ1n) is 4.78. The fourth-order valence-electron chi connectivity index (χ4n) is 1.37. The molecule has 1 aromatic rings. The first kappa shape index (κ1) is 10.5. The molecule has 0 bridgehead atoms. The highest BCUT2D eigenvalue weighted by atomic mass is 32.2. The van der Waals surface area contributed by atoms with Crippen LogP contribution in [0.4, 0.5) is 0 Å². The van der Waals surface area contributed by atoms with Gasteiger partial charge >= 0.3 is 5.97 Å². The van der Waals surface area contributed by atoms with Gasteiger partial charge in [-0.3, -0.25) is 0 Å². The van der Waals surface area contributed by atoms with Crippen LogP contribution in [0.1, 0.15) is 15.9 Å². The van der Waals surface area contributed by atoms with Crippen molar-refractivity contribution in [1.29, 1.82) is 0 Å². The zero-order valence-electron chi connectivity index (χ0n) is 8.18. The second-order valence-electron chi connectivity index (χ2n) is 3.43. The van der Waals surface area contributed by atoms with E-state index in [0.717, 1.165) is 24.5 Å². The summed E-state index contributed by atoms with van der Waals surface area (Å²) in [4.78, 5) is 10.9. The maximum Gasteiger partial charge on any atom is 0.335 e. The molecule has 4 heteroatoms. The minimum Gasteiger partial charge on any atom is -0.478 e. The molecule has 0 aromatic heterocycles. The standard InChI is InChI=1S/C11H12O3S/c12-11(13)10-4-2-1-3-8(10)7-15-9-5-14-6-9/h1-4,9H,5-7H2,(H,12,13). The van der Waals surface area contributed by atoms with Crippen molar-refractivity contribution in [2.24, 2.45) is 0 Å². The fourth-order valence-corrected chi connectivity index (χ4v) is 2.42. The summed E-state index contributed by atoms with van der Waals surface area (Å²) in [6.45, 7) is 1.58. The highest BCUT2D eigenvalue weighted by molar-refractivity contribution is 7.99. The van der Waals surface area contributed by atoms with E-state index in [-0.39, 0.29) is 0 Å². The summed E-state index contributed by atoms with van der Waals surface area (Å²) < 4.78 is 5.06. The zero-order valence-corrected chi connectivity index (χ0v) is 9.00. The highest BCUT2D eigenvalue weighted by Gasteiger charge is 2.19. The van der Waals surface area contributed by atoms with Crippen molar-refractivity contribution in [3.63, 3.8) is 0 Å². The second-order valence-corrected chi connectivity index (χ2v) is 4.72. The predicted octanol–water partition coefficient (Wildman–Crippen LogP) is 2.02. The lowest BCUT2D eigenvalue weighted by Crippen LogP contribution is -2.30. The van der Waals surface area contributed by atoms with E-state index < -0.39 is 5.97 Å². The molecule has 15 heavy (non-hydrogen) atoms. The first-order chi connectivity index (χ1) is 7.27. The molecule has 1 fully saturated rings. The number of aromatic carboxylic acids is 1. The Kier molecular flexibility index (Phi) is 3.28. The molecule has 0 aliphatic carbocycles. The number of thioether (sulfide) groups is 1. The van der Waals surface area contributed by atoms with E-state index >= 15 is 0 Å². The van der Waals surface area contributed by atoms with Crippen molar-refractivity contribution >= 4 is 17.7 Å². The molecule has 0 saturated carbocycles. The molecule has 1 aliphatic rings. The maximum atomic E-state index is 10.9. The van der Waals surface area contributed by atoms with Gasteiger partial charge in [0.2, 0.25) is 0 Å². The number of carbonyl (C=O) groups is 1. The average Bonchev–Trinajstić information content (AvgIpc) is 2.16. The van der Waals surface area contributed by atoms with Gasteiger partial charge in [0.15, 0.2) is 0 Å². The van der Waals surface area contributed by atoms with Crippen LogP contribution in [-0.2, 0) is 10.5 Å². The van der Waals surface area contributed by atoms with E-state index in [4.69, 9.17) is 9.84 Å². The van der Waals surface area contributed by atoms with E-state index in [2.05, 4.69) is 0 Å². The van der Waals surface area contributed by atoms with Crippen LogP contribution in [0.3, 0.4) is 0 Å². The molecule has 1 N–H and O–H groups in total. The SMILES string of the molecule is O=C(O)c1ccccc1CSC1COC1. The minimum atomic E-state index is -0.851. The van der Waals surface area contributed by atoms with Gasteiger partial charge in [0, 0.05) is 5.75 Å². The van der Waals surface area contributed by atoms with Gasteiger partial charge in [-0.2, -0.15) is 0 Å². The Labute approximate surface area is 92.4 Å². The third-order valence-corrected chi connectivity index (χ3v) is 3.55. The Morgan fingerprint density at radius 1 is 1.47 bits per heavy atom. The summed E-state index contributed by atoms with van der Waals surface area (Å²) in [5, 5.41) is 9.50. The highest BCUT2D eigenvalue weighted by Crippen LogP contribution is 2.24. The molecule has 0 unspecified atom stereocenters. The molecule has 0 amide bonds. The van der Waals surface area contributed by atoms with Crippen LogP contribution in [0.5, 0.6) is 0 Å². The van der Waals surface area contributed by atoms with Gasteiger partial charge in [-0.1, -0.05) is 18.2 Å². The molecule has 1 saturated heterocycles. The Morgan fingerprint density at radius 3 is 2.80 bits per heavy atom. The van der Waals surface area contributed by atoms with Gasteiger partial charge in [-0.15, -0.1) is 11.8 Å². The number of ether oxygens (including phenoxy) is 1. The predicted molar refractivity (Wildman–Crippen MR) is 59.3 cm³/mol. The van der Waals surface area contributed by atoms with Crippen LogP contribution in [-0.4, -0.2) is 29.5 Å². The maximum absolute atomic E-state index is 10.9. The van der Waals surface area contributed by atoms with Crippen LogP contribution in [0.2, 0.25) is 0 Å². The molecule has 0 spiro atoms. The summed E-state index contributed by atoms with van der Waals surface area (Å²) in [6, 6.07) is 7.15. The Morgan fingerprint density at radius 2 is 2.20 bits per heavy atom. The van der Waals surface area contributed by atoms with Gasteiger partial charge in [0.1, 0.15) is 0 Å². The number of rotatable bonds is 4. The van der Waals surface area contributed by atoms with Crippen LogP contribution in [0, 0.1) is 0 Å². The third kappa shape index (κ3) is 2.52. The van der Waals surface area contributed by atoms with E-state index in [1.165, 1.54) is 0 Å². The average molecular weight is 224 g/mol. The summed E-state index contributed by atoms with van der Waals surface area (Å²) in [5.74, 6) is -0.104. The molecule has 0 radical (unpaired) electrons. The van der Waals surface area contributed by atoms with Gasteiger partial charge < -0.3 is 9.84 Å². The molecule has 1 aromatic carbocycles. The lowest BCUT2D eigenvalue weighted by atomic mass is 10.1. The second kappa shape index (κ2) is 4.68.